The van der Waals surface area contributed by atoms with Crippen LogP contribution < -0.4 is 4.90 Å². The Morgan fingerprint density at radius 2 is 1.86 bits per heavy atom. The molecule has 28 heavy (non-hydrogen) atoms. The lowest BCUT2D eigenvalue weighted by Crippen LogP contribution is -2.45. The van der Waals surface area contributed by atoms with Crippen LogP contribution in [0, 0.1) is 23.2 Å². The molecule has 3 rings (SSSR count). The zero-order valence-corrected chi connectivity index (χ0v) is 17.0. The first kappa shape index (κ1) is 22.0. The maximum atomic E-state index is 12.8. The minimum Gasteiger partial charge on any atom is -0.469 e. The molecule has 152 valence electrons. The van der Waals surface area contributed by atoms with E-state index in [2.05, 4.69) is 16.0 Å². The summed E-state index contributed by atoms with van der Waals surface area (Å²) >= 11 is 0. The normalized spacial score (nSPS) is 18.1. The molecule has 1 amide bonds. The molecule has 3 heterocycles. The Hall–Kier alpha value is -2.33. The van der Waals surface area contributed by atoms with Gasteiger partial charge in [0, 0.05) is 44.7 Å². The lowest BCUT2D eigenvalue weighted by molar-refractivity contribution is -0.142. The Balaban J connectivity index is 0.00000280. The molecule has 0 saturated carbocycles. The molecule has 2 saturated heterocycles. The van der Waals surface area contributed by atoms with E-state index in [0.717, 1.165) is 57.7 Å². The molecule has 0 aromatic carbocycles. The van der Waals surface area contributed by atoms with Crippen LogP contribution in [-0.2, 0) is 14.3 Å². The fraction of sp³-hybridized carbons (Fsp3) is 0.600. The number of hydrogen-bond acceptors (Lipinski definition) is 6. The van der Waals surface area contributed by atoms with Gasteiger partial charge in [-0.1, -0.05) is 0 Å². The van der Waals surface area contributed by atoms with Crippen molar-refractivity contribution in [2.45, 2.75) is 32.1 Å². The van der Waals surface area contributed by atoms with Gasteiger partial charge in [-0.2, -0.15) is 5.26 Å². The van der Waals surface area contributed by atoms with Crippen LogP contribution in [0.3, 0.4) is 0 Å². The van der Waals surface area contributed by atoms with Crippen molar-refractivity contribution in [3.05, 3.63) is 23.9 Å². The van der Waals surface area contributed by atoms with E-state index in [0.29, 0.717) is 17.9 Å². The first-order valence-electron chi connectivity index (χ1n) is 9.57. The number of nitrogens with zero attached hydrogens (tertiary/aromatic N) is 4. The van der Waals surface area contributed by atoms with Crippen molar-refractivity contribution in [3.8, 4) is 6.07 Å². The van der Waals surface area contributed by atoms with E-state index >= 15 is 0 Å². The number of anilines is 1. The second-order valence-electron chi connectivity index (χ2n) is 7.33. The molecule has 2 aliphatic rings. The van der Waals surface area contributed by atoms with Gasteiger partial charge in [-0.25, -0.2) is 4.98 Å². The number of halogens is 1. The highest BCUT2D eigenvalue weighted by Crippen LogP contribution is 2.27. The molecule has 0 bridgehead atoms. The largest absolute Gasteiger partial charge is 0.469 e. The molecule has 0 aliphatic carbocycles. The number of carbonyl (C=O) groups excluding carboxylic acids is 2. The number of hydrogen-bond donors (Lipinski definition) is 0. The van der Waals surface area contributed by atoms with E-state index in [4.69, 9.17) is 10.00 Å². The molecule has 0 unspecified atom stereocenters. The number of methoxy groups -OCH3 is 1. The van der Waals surface area contributed by atoms with E-state index in [-0.39, 0.29) is 30.2 Å². The summed E-state index contributed by atoms with van der Waals surface area (Å²) in [7, 11) is 1.42. The summed E-state index contributed by atoms with van der Waals surface area (Å²) in [6, 6.07) is 5.72. The zero-order valence-electron chi connectivity index (χ0n) is 16.2. The van der Waals surface area contributed by atoms with Crippen LogP contribution in [0.15, 0.2) is 18.3 Å². The van der Waals surface area contributed by atoms with Gasteiger partial charge in [-0.05, 0) is 43.7 Å². The van der Waals surface area contributed by atoms with Crippen LogP contribution in [0.1, 0.15) is 37.7 Å². The smallest absolute Gasteiger partial charge is 0.305 e. The highest BCUT2D eigenvalue weighted by Gasteiger charge is 2.31. The Morgan fingerprint density at radius 1 is 1.18 bits per heavy atom. The minimum absolute atomic E-state index is 0. The first-order chi connectivity index (χ1) is 13.1. The monoisotopic (exact) mass is 406 g/mol. The van der Waals surface area contributed by atoms with Crippen molar-refractivity contribution < 1.29 is 14.3 Å². The standard InChI is InChI=1S/C20H26N4O3.ClH/c1-27-19(25)12-15-4-8-24(9-5-15)20(26)17-6-10-23(11-7-17)18-3-2-16(13-21)14-22-18;/h2-3,14-15,17H,4-12H2,1H3;1H. The van der Waals surface area contributed by atoms with Crippen LogP contribution >= 0.6 is 12.4 Å². The zero-order chi connectivity index (χ0) is 19.2. The summed E-state index contributed by atoms with van der Waals surface area (Å²) in [5, 5.41) is 8.86. The third-order valence-electron chi connectivity index (χ3n) is 5.65. The lowest BCUT2D eigenvalue weighted by Gasteiger charge is -2.37. The van der Waals surface area contributed by atoms with Gasteiger partial charge in [-0.15, -0.1) is 12.4 Å². The number of piperidine rings is 2. The Labute approximate surface area is 172 Å². The van der Waals surface area contributed by atoms with Gasteiger partial charge in [0.15, 0.2) is 0 Å². The van der Waals surface area contributed by atoms with Gasteiger partial charge in [0.1, 0.15) is 11.9 Å². The predicted molar refractivity (Wildman–Crippen MR) is 107 cm³/mol. The quantitative estimate of drug-likeness (QED) is 0.713. The summed E-state index contributed by atoms with van der Waals surface area (Å²) < 4.78 is 4.74. The molecule has 0 spiro atoms. The second kappa shape index (κ2) is 10.3. The number of ether oxygens (including phenoxy) is 1. The van der Waals surface area contributed by atoms with E-state index in [9.17, 15) is 9.59 Å². The lowest BCUT2D eigenvalue weighted by atomic mass is 9.90. The number of rotatable bonds is 4. The number of pyridine rings is 1. The minimum atomic E-state index is -0.163. The van der Waals surface area contributed by atoms with E-state index in [1.807, 2.05) is 11.0 Å². The van der Waals surface area contributed by atoms with Gasteiger partial charge in [0.25, 0.3) is 0 Å². The fourth-order valence-corrected chi connectivity index (χ4v) is 3.93. The molecular formula is C20H27ClN4O3. The van der Waals surface area contributed by atoms with Crippen molar-refractivity contribution in [1.29, 1.82) is 5.26 Å². The van der Waals surface area contributed by atoms with E-state index < -0.39 is 0 Å². The maximum Gasteiger partial charge on any atom is 0.305 e. The molecule has 0 radical (unpaired) electrons. The third kappa shape index (κ3) is 5.35. The number of carbonyl (C=O) groups is 2. The number of esters is 1. The van der Waals surface area contributed by atoms with Crippen LogP contribution in [0.4, 0.5) is 5.82 Å². The van der Waals surface area contributed by atoms with Crippen molar-refractivity contribution in [1.82, 2.24) is 9.88 Å². The van der Waals surface area contributed by atoms with Crippen LogP contribution in [-0.4, -0.2) is 55.0 Å². The predicted octanol–water partition coefficient (Wildman–Crippen LogP) is 2.39. The van der Waals surface area contributed by atoms with Crippen LogP contribution in [0.25, 0.3) is 0 Å². The molecule has 7 nitrogen and oxygen atoms in total. The molecule has 0 atom stereocenters. The van der Waals surface area contributed by atoms with Gasteiger partial charge in [0.2, 0.25) is 5.91 Å². The topological polar surface area (TPSA) is 86.5 Å². The summed E-state index contributed by atoms with van der Waals surface area (Å²) in [6.45, 7) is 3.07. The third-order valence-corrected chi connectivity index (χ3v) is 5.65. The molecule has 0 N–H and O–H groups in total. The SMILES string of the molecule is COC(=O)CC1CCN(C(=O)C2CCN(c3ccc(C#N)cn3)CC2)CC1.Cl. The average molecular weight is 407 g/mol. The first-order valence-corrected chi connectivity index (χ1v) is 9.57. The molecule has 1 aromatic rings. The van der Waals surface area contributed by atoms with Gasteiger partial charge >= 0.3 is 5.97 Å². The highest BCUT2D eigenvalue weighted by molar-refractivity contribution is 5.85. The van der Waals surface area contributed by atoms with Crippen molar-refractivity contribution in [2.75, 3.05) is 38.2 Å². The van der Waals surface area contributed by atoms with Gasteiger partial charge in [0.05, 0.1) is 12.7 Å². The molecule has 2 fully saturated rings. The highest BCUT2D eigenvalue weighted by atomic mass is 35.5. The van der Waals surface area contributed by atoms with Gasteiger partial charge in [-0.3, -0.25) is 9.59 Å². The number of nitriles is 1. The molecule has 2 aliphatic heterocycles. The molecular weight excluding hydrogens is 380 g/mol. The van der Waals surface area contributed by atoms with Crippen LogP contribution in [0.5, 0.6) is 0 Å². The second-order valence-corrected chi connectivity index (χ2v) is 7.33. The van der Waals surface area contributed by atoms with E-state index in [1.165, 1.54) is 7.11 Å². The summed E-state index contributed by atoms with van der Waals surface area (Å²) in [4.78, 5) is 32.7. The van der Waals surface area contributed by atoms with E-state index in [1.54, 1.807) is 12.3 Å². The Kier molecular flexibility index (Phi) is 8.06. The average Bonchev–Trinajstić information content (AvgIpc) is 2.74. The number of amides is 1. The van der Waals surface area contributed by atoms with Crippen molar-refractivity contribution >= 4 is 30.1 Å². The number of aromatic nitrogens is 1. The number of likely N-dealkylation sites (tertiary alicyclic amines) is 1. The molecule has 8 heteroatoms. The molecule has 1 aromatic heterocycles. The van der Waals surface area contributed by atoms with Gasteiger partial charge < -0.3 is 14.5 Å². The van der Waals surface area contributed by atoms with Crippen LogP contribution in [0.2, 0.25) is 0 Å². The Morgan fingerprint density at radius 3 is 2.39 bits per heavy atom. The summed E-state index contributed by atoms with van der Waals surface area (Å²) in [5.41, 5.74) is 0.555. The van der Waals surface area contributed by atoms with Crippen molar-refractivity contribution in [3.63, 3.8) is 0 Å². The summed E-state index contributed by atoms with van der Waals surface area (Å²) in [5.74, 6) is 1.34. The fourth-order valence-electron chi connectivity index (χ4n) is 3.93. The Bertz CT molecular complexity index is 703. The maximum absolute atomic E-state index is 12.8. The van der Waals surface area contributed by atoms with Crippen molar-refractivity contribution in [2.24, 2.45) is 11.8 Å². The summed E-state index contributed by atoms with van der Waals surface area (Å²) in [6.07, 6.45) is 5.43.